The van der Waals surface area contributed by atoms with Crippen molar-refractivity contribution < 1.29 is 14.4 Å². The summed E-state index contributed by atoms with van der Waals surface area (Å²) in [5.41, 5.74) is 5.08. The Morgan fingerprint density at radius 2 is 1.82 bits per heavy atom. The number of anilines is 3. The molecule has 2 aromatic carbocycles. The minimum absolute atomic E-state index is 0.0990. The summed E-state index contributed by atoms with van der Waals surface area (Å²) >= 11 is 0. The van der Waals surface area contributed by atoms with E-state index >= 15 is 0 Å². The predicted octanol–water partition coefficient (Wildman–Crippen LogP) is 3.05. The van der Waals surface area contributed by atoms with Crippen LogP contribution in [0, 0.1) is 6.92 Å². The Hall–Kier alpha value is -4.18. The third-order valence-electron chi connectivity index (χ3n) is 7.16. The van der Waals surface area contributed by atoms with Gasteiger partial charge >= 0.3 is 6.03 Å². The van der Waals surface area contributed by atoms with Crippen LogP contribution in [0.1, 0.15) is 34.0 Å². The molecule has 0 aliphatic carbocycles. The normalized spacial score (nSPS) is 15.2. The lowest BCUT2D eigenvalue weighted by atomic mass is 10.0. The zero-order valence-corrected chi connectivity index (χ0v) is 22.0. The minimum Gasteiger partial charge on any atom is -0.338 e. The first-order chi connectivity index (χ1) is 18.3. The van der Waals surface area contributed by atoms with Crippen LogP contribution < -0.4 is 15.5 Å². The number of carbonyl (C=O) groups is 3. The molecule has 3 amide bonds. The van der Waals surface area contributed by atoms with Crippen molar-refractivity contribution in [3.05, 3.63) is 70.9 Å². The maximum atomic E-state index is 13.7. The number of para-hydroxylation sites is 2. The molecule has 0 atom stereocenters. The van der Waals surface area contributed by atoms with Crippen LogP contribution in [-0.2, 0) is 24.9 Å². The molecule has 1 fully saturated rings. The zero-order chi connectivity index (χ0) is 26.8. The fraction of sp³-hybridized carbons (Fsp3) is 0.357. The molecule has 3 aromatic rings. The Morgan fingerprint density at radius 3 is 2.55 bits per heavy atom. The minimum atomic E-state index is -0.118. The number of aromatic nitrogens is 2. The largest absolute Gasteiger partial charge is 0.338 e. The summed E-state index contributed by atoms with van der Waals surface area (Å²) in [6.07, 6.45) is 1.79. The van der Waals surface area contributed by atoms with E-state index in [4.69, 9.17) is 0 Å². The quantitative estimate of drug-likeness (QED) is 0.542. The van der Waals surface area contributed by atoms with Crippen molar-refractivity contribution in [2.75, 3.05) is 42.9 Å². The first-order valence-corrected chi connectivity index (χ1v) is 12.8. The number of hydrogen-bond donors (Lipinski definition) is 2. The van der Waals surface area contributed by atoms with Crippen LogP contribution in [0.5, 0.6) is 0 Å². The molecule has 3 heterocycles. The molecule has 0 unspecified atom stereocenters. The van der Waals surface area contributed by atoms with Gasteiger partial charge in [-0.05, 0) is 49.2 Å². The van der Waals surface area contributed by atoms with Crippen LogP contribution in [0.15, 0.2) is 48.7 Å². The summed E-state index contributed by atoms with van der Waals surface area (Å²) in [7, 11) is 1.88. The van der Waals surface area contributed by atoms with Crippen LogP contribution >= 0.6 is 0 Å². The number of amides is 3. The number of aryl methyl sites for hydroxylation is 2. The van der Waals surface area contributed by atoms with Gasteiger partial charge in [0.05, 0.1) is 30.7 Å². The van der Waals surface area contributed by atoms with Crippen molar-refractivity contribution in [2.24, 2.45) is 7.05 Å². The number of urea groups is 1. The van der Waals surface area contributed by atoms with E-state index in [0.717, 1.165) is 33.9 Å². The Morgan fingerprint density at radius 1 is 1.05 bits per heavy atom. The third kappa shape index (κ3) is 5.26. The number of ketones is 1. The number of carbonyl (C=O) groups excluding carboxylic acids is 3. The van der Waals surface area contributed by atoms with Gasteiger partial charge in [-0.25, -0.2) is 4.79 Å². The van der Waals surface area contributed by atoms with Crippen molar-refractivity contribution in [3.8, 4) is 0 Å². The lowest BCUT2D eigenvalue weighted by Crippen LogP contribution is -2.52. The molecular weight excluding hydrogens is 482 g/mol. The lowest BCUT2D eigenvalue weighted by Gasteiger charge is -2.34. The molecule has 1 aromatic heterocycles. The van der Waals surface area contributed by atoms with Crippen LogP contribution in [0.2, 0.25) is 0 Å². The second kappa shape index (κ2) is 10.7. The maximum absolute atomic E-state index is 13.7. The SMILES string of the molecule is CC(=O)CN1CCN(C(=O)NCc2ccc(C(=O)N3Cc4cnn(C)c4Nc4ccccc43)cc2C)CC1. The smallest absolute Gasteiger partial charge is 0.317 e. The van der Waals surface area contributed by atoms with Crippen molar-refractivity contribution in [2.45, 2.75) is 26.9 Å². The standard InChI is InChI=1S/C28H33N7O3/c1-19-14-21(8-9-22(19)15-29-28(38)34-12-10-33(11-13-34)17-20(2)36)27(37)35-18-23-16-30-32(3)26(23)31-24-6-4-5-7-25(24)35/h4-9,14,16,31H,10-13,15,17-18H2,1-3H3,(H,29,38). The molecule has 0 saturated carbocycles. The van der Waals surface area contributed by atoms with Gasteiger partial charge in [-0.3, -0.25) is 19.2 Å². The van der Waals surface area contributed by atoms with Gasteiger partial charge in [0.2, 0.25) is 0 Å². The number of nitrogens with zero attached hydrogens (tertiary/aromatic N) is 5. The van der Waals surface area contributed by atoms with E-state index < -0.39 is 0 Å². The number of fused-ring (bicyclic) bond motifs is 2. The average molecular weight is 516 g/mol. The van der Waals surface area contributed by atoms with Gasteiger partial charge in [0.15, 0.2) is 0 Å². The highest BCUT2D eigenvalue weighted by atomic mass is 16.2. The van der Waals surface area contributed by atoms with Gasteiger partial charge in [0, 0.05) is 50.9 Å². The summed E-state index contributed by atoms with van der Waals surface area (Å²) in [4.78, 5) is 43.4. The number of Topliss-reactive ketones (excluding diaryl/α,β-unsaturated/α-hetero) is 1. The van der Waals surface area contributed by atoms with Crippen molar-refractivity contribution in [1.29, 1.82) is 0 Å². The van der Waals surface area contributed by atoms with E-state index in [0.29, 0.717) is 51.4 Å². The second-order valence-electron chi connectivity index (χ2n) is 9.94. The monoisotopic (exact) mass is 515 g/mol. The van der Waals surface area contributed by atoms with Crippen molar-refractivity contribution >= 4 is 34.9 Å². The van der Waals surface area contributed by atoms with E-state index in [9.17, 15) is 14.4 Å². The highest BCUT2D eigenvalue weighted by Crippen LogP contribution is 2.36. The first kappa shape index (κ1) is 25.5. The molecule has 0 radical (unpaired) electrons. The topological polar surface area (TPSA) is 103 Å². The lowest BCUT2D eigenvalue weighted by molar-refractivity contribution is -0.118. The molecule has 5 rings (SSSR count). The highest BCUT2D eigenvalue weighted by Gasteiger charge is 2.27. The van der Waals surface area contributed by atoms with E-state index in [1.165, 1.54) is 0 Å². The van der Waals surface area contributed by atoms with Gasteiger partial charge < -0.3 is 20.4 Å². The van der Waals surface area contributed by atoms with E-state index in [1.807, 2.05) is 56.4 Å². The van der Waals surface area contributed by atoms with E-state index in [1.54, 1.807) is 27.6 Å². The van der Waals surface area contributed by atoms with Crippen molar-refractivity contribution in [1.82, 2.24) is 24.9 Å². The van der Waals surface area contributed by atoms with Crippen LogP contribution in [-0.4, -0.2) is 70.0 Å². The van der Waals surface area contributed by atoms with Crippen molar-refractivity contribution in [3.63, 3.8) is 0 Å². The summed E-state index contributed by atoms with van der Waals surface area (Å²) in [5.74, 6) is 0.909. The Labute approximate surface area is 222 Å². The number of piperazine rings is 1. The van der Waals surface area contributed by atoms with Gasteiger partial charge in [-0.15, -0.1) is 0 Å². The maximum Gasteiger partial charge on any atom is 0.317 e. The summed E-state index contributed by atoms with van der Waals surface area (Å²) < 4.78 is 1.78. The fourth-order valence-electron chi connectivity index (χ4n) is 5.03. The van der Waals surface area contributed by atoms with Gasteiger partial charge in [-0.1, -0.05) is 18.2 Å². The van der Waals surface area contributed by atoms with Gasteiger partial charge in [-0.2, -0.15) is 5.10 Å². The fourth-order valence-corrected chi connectivity index (χ4v) is 5.03. The molecule has 198 valence electrons. The molecular formula is C28H33N7O3. The summed E-state index contributed by atoms with van der Waals surface area (Å²) in [5, 5.41) is 10.8. The number of rotatable bonds is 5. The highest BCUT2D eigenvalue weighted by molar-refractivity contribution is 6.08. The molecule has 0 spiro atoms. The molecule has 2 aliphatic heterocycles. The molecule has 38 heavy (non-hydrogen) atoms. The van der Waals surface area contributed by atoms with Crippen LogP contribution in [0.25, 0.3) is 0 Å². The first-order valence-electron chi connectivity index (χ1n) is 12.8. The molecule has 10 heteroatoms. The zero-order valence-electron chi connectivity index (χ0n) is 22.0. The van der Waals surface area contributed by atoms with Crippen LogP contribution in [0.4, 0.5) is 22.0 Å². The van der Waals surface area contributed by atoms with Crippen LogP contribution in [0.3, 0.4) is 0 Å². The number of benzene rings is 2. The molecule has 0 bridgehead atoms. The summed E-state index contributed by atoms with van der Waals surface area (Å²) in [6.45, 7) is 7.33. The van der Waals surface area contributed by atoms with Gasteiger partial charge in [0.1, 0.15) is 11.6 Å². The Bertz CT molecular complexity index is 1370. The molecule has 10 nitrogen and oxygen atoms in total. The molecule has 1 saturated heterocycles. The molecule has 2 N–H and O–H groups in total. The Kier molecular flexibility index (Phi) is 7.15. The summed E-state index contributed by atoms with van der Waals surface area (Å²) in [6, 6.07) is 13.3. The van der Waals surface area contributed by atoms with E-state index in [2.05, 4.69) is 20.6 Å². The van der Waals surface area contributed by atoms with E-state index in [-0.39, 0.29) is 17.7 Å². The predicted molar refractivity (Wildman–Crippen MR) is 146 cm³/mol. The third-order valence-corrected chi connectivity index (χ3v) is 7.16. The molecule has 2 aliphatic rings. The Balaban J connectivity index is 1.26. The van der Waals surface area contributed by atoms with Gasteiger partial charge in [0.25, 0.3) is 5.91 Å². The average Bonchev–Trinajstić information content (AvgIpc) is 3.15. The number of hydrogen-bond acceptors (Lipinski definition) is 6. The second-order valence-corrected chi connectivity index (χ2v) is 9.94. The number of nitrogens with one attached hydrogen (secondary N) is 2.